The van der Waals surface area contributed by atoms with Gasteiger partial charge in [-0.2, -0.15) is 5.26 Å². The molecule has 0 spiro atoms. The number of rotatable bonds is 10. The number of carbonyl (C=O) groups excluding carboxylic acids is 2. The summed E-state index contributed by atoms with van der Waals surface area (Å²) in [5.41, 5.74) is 2.14. The number of nitrogens with one attached hydrogen (secondary N) is 1. The monoisotopic (exact) mass is 519 g/mol. The van der Waals surface area contributed by atoms with Crippen LogP contribution in [0.25, 0.3) is 6.08 Å². The summed E-state index contributed by atoms with van der Waals surface area (Å²) in [5.74, 6) is -1.27. The van der Waals surface area contributed by atoms with Gasteiger partial charge in [0.25, 0.3) is 5.91 Å². The number of hydrogen-bond acceptors (Lipinski definition) is 7. The zero-order valence-corrected chi connectivity index (χ0v) is 21.7. The molecule has 0 aliphatic carbocycles. The van der Waals surface area contributed by atoms with Crippen molar-refractivity contribution in [3.05, 3.63) is 76.9 Å². The Kier molecular flexibility index (Phi) is 10.9. The van der Waals surface area contributed by atoms with Crippen LogP contribution in [0.2, 0.25) is 0 Å². The van der Waals surface area contributed by atoms with Gasteiger partial charge in [-0.1, -0.05) is 48.5 Å². The number of nitriles is 1. The summed E-state index contributed by atoms with van der Waals surface area (Å²) in [4.78, 5) is 27.4. The first-order valence-electron chi connectivity index (χ1n) is 12.8. The van der Waals surface area contributed by atoms with Crippen molar-refractivity contribution in [2.45, 2.75) is 51.2 Å². The Hall–Kier alpha value is -3.65. The van der Waals surface area contributed by atoms with Crippen molar-refractivity contribution in [3.8, 4) is 6.07 Å². The van der Waals surface area contributed by atoms with E-state index in [1.165, 1.54) is 0 Å². The zero-order valence-electron chi connectivity index (χ0n) is 21.7. The van der Waals surface area contributed by atoms with Gasteiger partial charge in [0, 0.05) is 25.8 Å². The number of likely N-dealkylation sites (N-methyl/N-ethyl adjacent to an activating group) is 1. The third kappa shape index (κ3) is 8.18. The second-order valence-corrected chi connectivity index (χ2v) is 9.18. The molecule has 0 aromatic heterocycles. The number of carbonyl (C=O) groups is 2. The van der Waals surface area contributed by atoms with Crippen molar-refractivity contribution in [1.82, 2.24) is 10.2 Å². The first-order valence-corrected chi connectivity index (χ1v) is 12.8. The summed E-state index contributed by atoms with van der Waals surface area (Å²) >= 11 is 0. The summed E-state index contributed by atoms with van der Waals surface area (Å²) in [5, 5.41) is 31.7. The predicted octanol–water partition coefficient (Wildman–Crippen LogP) is 3.03. The number of alkyl carbamates (subject to hydrolysis) is 1. The van der Waals surface area contributed by atoms with E-state index in [4.69, 9.17) is 9.47 Å². The molecule has 2 aromatic rings. The van der Waals surface area contributed by atoms with Crippen molar-refractivity contribution >= 4 is 25.2 Å². The van der Waals surface area contributed by atoms with Crippen molar-refractivity contribution in [2.75, 3.05) is 19.8 Å². The standard InChI is InChI=1S/C28H34BN3O6/c1-3-32(25-12-14-37-15-13-25)27(33)24(19-30)17-22-10-7-11-23(16-22)20(2)38-28(34)31-26(29(35)36)18-21-8-5-4-6-9-21/h4-11,16-17,20,25-26,35-36H,3,12-15,18H2,1-2H3,(H,31,34). The van der Waals surface area contributed by atoms with Gasteiger partial charge in [-0.15, -0.1) is 0 Å². The minimum absolute atomic E-state index is 0.0301. The highest BCUT2D eigenvalue weighted by atomic mass is 16.6. The third-order valence-electron chi connectivity index (χ3n) is 6.52. The van der Waals surface area contributed by atoms with Crippen LogP contribution in [0.1, 0.15) is 49.5 Å². The topological polar surface area (TPSA) is 132 Å². The van der Waals surface area contributed by atoms with Crippen LogP contribution in [0, 0.1) is 11.3 Å². The van der Waals surface area contributed by atoms with E-state index in [9.17, 15) is 24.9 Å². The maximum Gasteiger partial charge on any atom is 0.475 e. The molecule has 1 aliphatic heterocycles. The molecule has 0 radical (unpaired) electrons. The molecule has 1 heterocycles. The van der Waals surface area contributed by atoms with E-state index in [-0.39, 0.29) is 23.9 Å². The molecule has 38 heavy (non-hydrogen) atoms. The van der Waals surface area contributed by atoms with Crippen molar-refractivity contribution in [2.24, 2.45) is 0 Å². The van der Waals surface area contributed by atoms with Gasteiger partial charge in [-0.3, -0.25) is 4.79 Å². The highest BCUT2D eigenvalue weighted by Crippen LogP contribution is 2.22. The molecule has 0 bridgehead atoms. The average Bonchev–Trinajstić information content (AvgIpc) is 2.93. The maximum atomic E-state index is 13.1. The van der Waals surface area contributed by atoms with Crippen molar-refractivity contribution in [1.29, 1.82) is 5.26 Å². The van der Waals surface area contributed by atoms with E-state index in [2.05, 4.69) is 5.32 Å². The highest BCUT2D eigenvalue weighted by Gasteiger charge is 2.28. The van der Waals surface area contributed by atoms with Gasteiger partial charge in [-0.25, -0.2) is 4.79 Å². The average molecular weight is 519 g/mol. The largest absolute Gasteiger partial charge is 0.475 e. The molecule has 0 saturated carbocycles. The molecule has 1 aliphatic rings. The fraction of sp³-hybridized carbons (Fsp3) is 0.393. The Bertz CT molecular complexity index is 1140. The highest BCUT2D eigenvalue weighted by molar-refractivity contribution is 6.43. The first kappa shape index (κ1) is 28.9. The van der Waals surface area contributed by atoms with Crippen LogP contribution >= 0.6 is 0 Å². The molecule has 3 rings (SSSR count). The van der Waals surface area contributed by atoms with Gasteiger partial charge < -0.3 is 29.7 Å². The lowest BCUT2D eigenvalue weighted by atomic mass is 9.76. The predicted molar refractivity (Wildman–Crippen MR) is 143 cm³/mol. The minimum Gasteiger partial charge on any atom is -0.442 e. The van der Waals surface area contributed by atoms with E-state index < -0.39 is 25.3 Å². The molecule has 1 saturated heterocycles. The normalized spacial score (nSPS) is 15.6. The van der Waals surface area contributed by atoms with Crippen LogP contribution in [0.5, 0.6) is 0 Å². The smallest absolute Gasteiger partial charge is 0.442 e. The maximum absolute atomic E-state index is 13.1. The van der Waals surface area contributed by atoms with Gasteiger partial charge in [0.2, 0.25) is 0 Å². The number of benzene rings is 2. The SMILES string of the molecule is CCN(C(=O)C(C#N)=Cc1cccc(C(C)OC(=O)NC(Cc2ccccc2)B(O)O)c1)C1CCOCC1. The number of ether oxygens (including phenoxy) is 2. The lowest BCUT2D eigenvalue weighted by molar-refractivity contribution is -0.130. The molecule has 2 unspecified atom stereocenters. The number of amides is 2. The molecule has 2 aromatic carbocycles. The molecule has 1 fully saturated rings. The Morgan fingerprint density at radius 3 is 2.55 bits per heavy atom. The molecular formula is C28H34BN3O6. The Labute approximate surface area is 223 Å². The second-order valence-electron chi connectivity index (χ2n) is 9.18. The summed E-state index contributed by atoms with van der Waals surface area (Å²) in [6.07, 6.45) is 1.77. The van der Waals surface area contributed by atoms with Gasteiger partial charge in [0.05, 0.1) is 5.94 Å². The van der Waals surface area contributed by atoms with Crippen LogP contribution in [0.3, 0.4) is 0 Å². The van der Waals surface area contributed by atoms with E-state index >= 15 is 0 Å². The van der Waals surface area contributed by atoms with Crippen LogP contribution in [0.15, 0.2) is 60.2 Å². The quantitative estimate of drug-likeness (QED) is 0.250. The van der Waals surface area contributed by atoms with E-state index in [1.807, 2.05) is 43.3 Å². The number of hydrogen-bond donors (Lipinski definition) is 3. The molecular weight excluding hydrogens is 485 g/mol. The summed E-state index contributed by atoms with van der Waals surface area (Å²) in [6, 6.07) is 18.3. The fourth-order valence-corrected chi connectivity index (χ4v) is 4.44. The molecule has 3 N–H and O–H groups in total. The molecule has 2 amide bonds. The van der Waals surface area contributed by atoms with E-state index in [0.29, 0.717) is 30.9 Å². The van der Waals surface area contributed by atoms with Gasteiger partial charge in [0.15, 0.2) is 0 Å². The number of nitrogens with zero attached hydrogens (tertiary/aromatic N) is 2. The summed E-state index contributed by atoms with van der Waals surface area (Å²) in [7, 11) is -1.77. The Morgan fingerprint density at radius 1 is 1.21 bits per heavy atom. The van der Waals surface area contributed by atoms with Crippen LogP contribution in [0.4, 0.5) is 4.79 Å². The van der Waals surface area contributed by atoms with Gasteiger partial charge in [0.1, 0.15) is 17.7 Å². The van der Waals surface area contributed by atoms with E-state index in [1.54, 1.807) is 42.2 Å². The van der Waals surface area contributed by atoms with Crippen molar-refractivity contribution in [3.63, 3.8) is 0 Å². The third-order valence-corrected chi connectivity index (χ3v) is 6.52. The van der Waals surface area contributed by atoms with Gasteiger partial charge >= 0.3 is 13.2 Å². The van der Waals surface area contributed by atoms with Gasteiger partial charge in [-0.05, 0) is 61.9 Å². The van der Waals surface area contributed by atoms with Crippen LogP contribution < -0.4 is 5.32 Å². The fourth-order valence-electron chi connectivity index (χ4n) is 4.44. The Morgan fingerprint density at radius 2 is 1.92 bits per heavy atom. The minimum atomic E-state index is -1.77. The lowest BCUT2D eigenvalue weighted by Crippen LogP contribution is -2.48. The molecule has 10 heteroatoms. The summed E-state index contributed by atoms with van der Waals surface area (Å²) < 4.78 is 10.9. The zero-order chi connectivity index (χ0) is 27.5. The van der Waals surface area contributed by atoms with Crippen LogP contribution in [-0.4, -0.2) is 65.8 Å². The molecule has 200 valence electrons. The van der Waals surface area contributed by atoms with Crippen molar-refractivity contribution < 1.29 is 29.1 Å². The Balaban J connectivity index is 1.67. The summed E-state index contributed by atoms with van der Waals surface area (Å²) in [6.45, 7) is 5.27. The molecule has 2 atom stereocenters. The van der Waals surface area contributed by atoms with E-state index in [0.717, 1.165) is 18.4 Å². The lowest BCUT2D eigenvalue weighted by Gasteiger charge is -2.33. The van der Waals surface area contributed by atoms with Crippen LogP contribution in [-0.2, 0) is 20.7 Å². The second kappa shape index (κ2) is 14.3. The first-order chi connectivity index (χ1) is 18.3. The molecule has 9 nitrogen and oxygen atoms in total.